The number of nitrogens with one attached hydrogen (secondary N) is 1. The molecule has 0 radical (unpaired) electrons. The first-order valence-electron chi connectivity index (χ1n) is 10.2. The molecule has 1 N–H and O–H groups in total. The molecule has 0 aliphatic rings. The van der Waals surface area contributed by atoms with Crippen molar-refractivity contribution >= 4 is 55.6 Å². The van der Waals surface area contributed by atoms with Gasteiger partial charge in [-0.15, -0.1) is 0 Å². The maximum absolute atomic E-state index is 12.6. The number of rotatable bonds is 8. The van der Waals surface area contributed by atoms with Crippen molar-refractivity contribution in [1.82, 2.24) is 15.2 Å². The van der Waals surface area contributed by atoms with Crippen LogP contribution in [0.2, 0.25) is 5.02 Å². The molecule has 3 aromatic carbocycles. The molecule has 0 aliphatic heterocycles. The molecule has 0 aliphatic carbocycles. The summed E-state index contributed by atoms with van der Waals surface area (Å²) in [6.45, 7) is 0.928. The molecule has 1 amide bonds. The second kappa shape index (κ2) is 11.5. The van der Waals surface area contributed by atoms with E-state index < -0.39 is 5.91 Å². The van der Waals surface area contributed by atoms with Gasteiger partial charge in [0.2, 0.25) is 0 Å². The highest BCUT2D eigenvalue weighted by molar-refractivity contribution is 9.10. The zero-order chi connectivity index (χ0) is 23.9. The van der Waals surface area contributed by atoms with Gasteiger partial charge in [-0.1, -0.05) is 63.9 Å². The minimum absolute atomic E-state index is 0.242. The SMILES string of the molecule is O=C(N/N=C/c1ccccc1OCc1ccc(Br)cc1)c1nn(Cc2ccc(Cl)cc2)cc1Br. The lowest BCUT2D eigenvalue weighted by molar-refractivity contribution is 0.0948. The fourth-order valence-electron chi connectivity index (χ4n) is 3.08. The molecular formula is C25H19Br2ClN4O2. The van der Waals surface area contributed by atoms with E-state index in [1.54, 1.807) is 17.1 Å². The Hall–Kier alpha value is -2.94. The Morgan fingerprint density at radius 1 is 1.03 bits per heavy atom. The van der Waals surface area contributed by atoms with E-state index in [0.717, 1.165) is 21.2 Å². The highest BCUT2D eigenvalue weighted by atomic mass is 79.9. The largest absolute Gasteiger partial charge is 0.488 e. The Kier molecular flexibility index (Phi) is 8.16. The van der Waals surface area contributed by atoms with Gasteiger partial charge in [0.05, 0.1) is 17.2 Å². The highest BCUT2D eigenvalue weighted by Gasteiger charge is 2.15. The second-order valence-electron chi connectivity index (χ2n) is 7.30. The summed E-state index contributed by atoms with van der Waals surface area (Å²) in [6, 6.07) is 22.9. The summed E-state index contributed by atoms with van der Waals surface area (Å²) in [5, 5.41) is 9.13. The number of hydrogen-bond donors (Lipinski definition) is 1. The highest BCUT2D eigenvalue weighted by Crippen LogP contribution is 2.19. The average molecular weight is 603 g/mol. The van der Waals surface area contributed by atoms with Crippen LogP contribution in [0.5, 0.6) is 5.75 Å². The Labute approximate surface area is 218 Å². The Morgan fingerprint density at radius 3 is 2.50 bits per heavy atom. The second-order valence-corrected chi connectivity index (χ2v) is 9.51. The van der Waals surface area contributed by atoms with Crippen molar-refractivity contribution in [2.45, 2.75) is 13.2 Å². The van der Waals surface area contributed by atoms with Gasteiger partial charge in [-0.3, -0.25) is 9.48 Å². The summed E-state index contributed by atoms with van der Waals surface area (Å²) < 4.78 is 9.21. The summed E-state index contributed by atoms with van der Waals surface area (Å²) in [6.07, 6.45) is 3.30. The summed E-state index contributed by atoms with van der Waals surface area (Å²) >= 11 is 12.8. The number of para-hydroxylation sites is 1. The predicted octanol–water partition coefficient (Wildman–Crippen LogP) is 6.45. The maximum atomic E-state index is 12.6. The van der Waals surface area contributed by atoms with Crippen molar-refractivity contribution in [3.63, 3.8) is 0 Å². The van der Waals surface area contributed by atoms with Crippen molar-refractivity contribution in [1.29, 1.82) is 0 Å². The van der Waals surface area contributed by atoms with Crippen LogP contribution in [0.3, 0.4) is 0 Å². The zero-order valence-corrected chi connectivity index (χ0v) is 21.7. The zero-order valence-electron chi connectivity index (χ0n) is 17.8. The molecule has 4 aromatic rings. The van der Waals surface area contributed by atoms with E-state index in [1.165, 1.54) is 0 Å². The van der Waals surface area contributed by atoms with Gasteiger partial charge in [0.25, 0.3) is 5.91 Å². The van der Waals surface area contributed by atoms with Crippen LogP contribution in [0.15, 0.2) is 93.0 Å². The standard InChI is InChI=1S/C25H19Br2ClN4O2/c26-20-9-5-18(6-10-20)16-34-23-4-2-1-3-19(23)13-29-30-25(33)24-22(27)15-32(31-24)14-17-7-11-21(28)12-8-17/h1-13,15H,14,16H2,(H,30,33)/b29-13+. The molecule has 9 heteroatoms. The van der Waals surface area contributed by atoms with Crippen LogP contribution in [-0.4, -0.2) is 21.9 Å². The van der Waals surface area contributed by atoms with Crippen LogP contribution in [0.4, 0.5) is 0 Å². The van der Waals surface area contributed by atoms with E-state index in [2.05, 4.69) is 47.5 Å². The van der Waals surface area contributed by atoms with Crippen LogP contribution >= 0.6 is 43.5 Å². The number of carbonyl (C=O) groups excluding carboxylic acids is 1. The normalized spacial score (nSPS) is 11.0. The van der Waals surface area contributed by atoms with Crippen LogP contribution in [0, 0.1) is 0 Å². The maximum Gasteiger partial charge on any atom is 0.293 e. The van der Waals surface area contributed by atoms with Crippen molar-refractivity contribution in [3.8, 4) is 5.75 Å². The van der Waals surface area contributed by atoms with Crippen LogP contribution in [0.25, 0.3) is 0 Å². The van der Waals surface area contributed by atoms with E-state index in [9.17, 15) is 4.79 Å². The summed E-state index contributed by atoms with van der Waals surface area (Å²) in [5.74, 6) is 0.239. The Morgan fingerprint density at radius 2 is 1.74 bits per heavy atom. The van der Waals surface area contributed by atoms with Crippen molar-refractivity contribution in [2.24, 2.45) is 5.10 Å². The Balaban J connectivity index is 1.38. The molecule has 34 heavy (non-hydrogen) atoms. The van der Waals surface area contributed by atoms with E-state index in [-0.39, 0.29) is 5.69 Å². The molecule has 0 atom stereocenters. The third-order valence-corrected chi connectivity index (χ3v) is 6.15. The topological polar surface area (TPSA) is 68.5 Å². The summed E-state index contributed by atoms with van der Waals surface area (Å²) in [7, 11) is 0. The number of hydrogen-bond acceptors (Lipinski definition) is 4. The molecule has 0 fully saturated rings. The van der Waals surface area contributed by atoms with Crippen LogP contribution in [0.1, 0.15) is 27.2 Å². The van der Waals surface area contributed by atoms with Gasteiger partial charge in [0.15, 0.2) is 5.69 Å². The average Bonchev–Trinajstić information content (AvgIpc) is 3.21. The van der Waals surface area contributed by atoms with Gasteiger partial charge in [-0.2, -0.15) is 10.2 Å². The monoisotopic (exact) mass is 600 g/mol. The first-order chi connectivity index (χ1) is 16.5. The lowest BCUT2D eigenvalue weighted by Gasteiger charge is -2.09. The molecule has 0 saturated carbocycles. The Bertz CT molecular complexity index is 1310. The molecule has 0 bridgehead atoms. The van der Waals surface area contributed by atoms with E-state index in [4.69, 9.17) is 16.3 Å². The number of hydrazone groups is 1. The molecule has 1 aromatic heterocycles. The lowest BCUT2D eigenvalue weighted by Crippen LogP contribution is -2.19. The van der Waals surface area contributed by atoms with Crippen molar-refractivity contribution in [2.75, 3.05) is 0 Å². The number of halogens is 3. The van der Waals surface area contributed by atoms with E-state index in [0.29, 0.717) is 28.4 Å². The molecule has 6 nitrogen and oxygen atoms in total. The minimum atomic E-state index is -0.425. The van der Waals surface area contributed by atoms with Crippen molar-refractivity contribution < 1.29 is 9.53 Å². The van der Waals surface area contributed by atoms with Crippen molar-refractivity contribution in [3.05, 3.63) is 115 Å². The van der Waals surface area contributed by atoms with Gasteiger partial charge < -0.3 is 4.74 Å². The first-order valence-corrected chi connectivity index (χ1v) is 12.2. The van der Waals surface area contributed by atoms with E-state index in [1.807, 2.05) is 72.8 Å². The van der Waals surface area contributed by atoms with Crippen LogP contribution in [-0.2, 0) is 13.2 Å². The fourth-order valence-corrected chi connectivity index (χ4v) is 3.97. The molecule has 0 unspecified atom stereocenters. The third kappa shape index (κ3) is 6.56. The van der Waals surface area contributed by atoms with Gasteiger partial charge in [0.1, 0.15) is 12.4 Å². The van der Waals surface area contributed by atoms with Gasteiger partial charge in [0, 0.05) is 21.3 Å². The summed E-state index contributed by atoms with van der Waals surface area (Å²) in [4.78, 5) is 12.6. The number of ether oxygens (including phenoxy) is 1. The molecule has 4 rings (SSSR count). The molecule has 0 saturated heterocycles. The molecule has 0 spiro atoms. The first kappa shape index (κ1) is 24.2. The van der Waals surface area contributed by atoms with Gasteiger partial charge in [-0.25, -0.2) is 5.43 Å². The molecular weight excluding hydrogens is 584 g/mol. The third-order valence-electron chi connectivity index (χ3n) is 4.79. The summed E-state index contributed by atoms with van der Waals surface area (Å²) in [5.41, 5.74) is 5.57. The molecule has 172 valence electrons. The molecule has 1 heterocycles. The minimum Gasteiger partial charge on any atom is -0.488 e. The number of benzene rings is 3. The smallest absolute Gasteiger partial charge is 0.293 e. The fraction of sp³-hybridized carbons (Fsp3) is 0.0800. The van der Waals surface area contributed by atoms with E-state index >= 15 is 0 Å². The number of nitrogens with zero attached hydrogens (tertiary/aromatic N) is 3. The number of carbonyl (C=O) groups is 1. The van der Waals surface area contributed by atoms with Gasteiger partial charge >= 0.3 is 0 Å². The number of aromatic nitrogens is 2. The van der Waals surface area contributed by atoms with Gasteiger partial charge in [-0.05, 0) is 63.5 Å². The number of amides is 1. The lowest BCUT2D eigenvalue weighted by atomic mass is 10.2. The predicted molar refractivity (Wildman–Crippen MR) is 140 cm³/mol. The quantitative estimate of drug-likeness (QED) is 0.186. The van der Waals surface area contributed by atoms with Crippen LogP contribution < -0.4 is 10.2 Å².